The van der Waals surface area contributed by atoms with Crippen LogP contribution in [0.3, 0.4) is 0 Å². The van der Waals surface area contributed by atoms with E-state index < -0.39 is 23.9 Å². The first kappa shape index (κ1) is 18.3. The standard InChI is InChI=1S/C12H22N2O6/c1-13-9(12(19)20)5-3-2-4-6-14(7-10(15)16)8-11(17)18/h9,13H,2-8H2,1H3,(H,15,16)(H,17,18)(H,19,20). The highest BCUT2D eigenvalue weighted by Crippen LogP contribution is 2.05. The molecular weight excluding hydrogens is 268 g/mol. The SMILES string of the molecule is CNC(CCCCCN(CC(=O)O)CC(=O)O)C(=O)O. The first-order chi connectivity index (χ1) is 9.36. The zero-order valence-electron chi connectivity index (χ0n) is 11.5. The van der Waals surface area contributed by atoms with Crippen LogP contribution >= 0.6 is 0 Å². The number of hydrogen-bond acceptors (Lipinski definition) is 5. The molecule has 0 saturated heterocycles. The van der Waals surface area contributed by atoms with Gasteiger partial charge in [-0.05, 0) is 26.4 Å². The van der Waals surface area contributed by atoms with E-state index in [4.69, 9.17) is 15.3 Å². The molecule has 8 nitrogen and oxygen atoms in total. The zero-order valence-corrected chi connectivity index (χ0v) is 11.5. The molecule has 0 spiro atoms. The Balaban J connectivity index is 3.90. The molecule has 0 aliphatic rings. The van der Waals surface area contributed by atoms with Crippen LogP contribution in [0.4, 0.5) is 0 Å². The van der Waals surface area contributed by atoms with Gasteiger partial charge in [0.1, 0.15) is 6.04 Å². The minimum absolute atomic E-state index is 0.305. The molecule has 0 heterocycles. The fraction of sp³-hybridized carbons (Fsp3) is 0.750. The minimum Gasteiger partial charge on any atom is -0.480 e. The van der Waals surface area contributed by atoms with Gasteiger partial charge in [-0.1, -0.05) is 12.8 Å². The second kappa shape index (κ2) is 10.2. The summed E-state index contributed by atoms with van der Waals surface area (Å²) in [6.07, 6.45) is 2.54. The van der Waals surface area contributed by atoms with Crippen molar-refractivity contribution in [1.29, 1.82) is 0 Å². The molecule has 0 aromatic carbocycles. The lowest BCUT2D eigenvalue weighted by Gasteiger charge is -2.17. The van der Waals surface area contributed by atoms with Gasteiger partial charge in [0, 0.05) is 0 Å². The molecule has 0 radical (unpaired) electrons. The van der Waals surface area contributed by atoms with E-state index in [1.54, 1.807) is 7.05 Å². The van der Waals surface area contributed by atoms with E-state index in [9.17, 15) is 14.4 Å². The van der Waals surface area contributed by atoms with Gasteiger partial charge in [-0.3, -0.25) is 19.3 Å². The maximum absolute atomic E-state index is 10.7. The van der Waals surface area contributed by atoms with Crippen LogP contribution < -0.4 is 5.32 Å². The number of hydrogen-bond donors (Lipinski definition) is 4. The lowest BCUT2D eigenvalue weighted by Crippen LogP contribution is -2.35. The molecule has 0 aliphatic carbocycles. The summed E-state index contributed by atoms with van der Waals surface area (Å²) in [4.78, 5) is 33.2. The molecule has 116 valence electrons. The summed E-state index contributed by atoms with van der Waals surface area (Å²) in [5, 5.41) is 28.8. The predicted octanol–water partition coefficient (Wildman–Crippen LogP) is -0.309. The molecule has 0 saturated carbocycles. The molecule has 1 atom stereocenters. The molecule has 0 bridgehead atoms. The van der Waals surface area contributed by atoms with Gasteiger partial charge in [0.05, 0.1) is 13.1 Å². The van der Waals surface area contributed by atoms with Gasteiger partial charge in [-0.2, -0.15) is 0 Å². The number of nitrogens with one attached hydrogen (secondary N) is 1. The number of likely N-dealkylation sites (N-methyl/N-ethyl adjacent to an activating group) is 1. The van der Waals surface area contributed by atoms with Crippen LogP contribution in [0, 0.1) is 0 Å². The van der Waals surface area contributed by atoms with E-state index in [-0.39, 0.29) is 13.1 Å². The number of unbranched alkanes of at least 4 members (excludes halogenated alkanes) is 2. The number of rotatable bonds is 12. The topological polar surface area (TPSA) is 127 Å². The van der Waals surface area contributed by atoms with Crippen LogP contribution in [-0.4, -0.2) is 70.9 Å². The summed E-state index contributed by atoms with van der Waals surface area (Å²) in [5.74, 6) is -3.02. The lowest BCUT2D eigenvalue weighted by atomic mass is 10.1. The third-order valence-electron chi connectivity index (χ3n) is 2.83. The van der Waals surface area contributed by atoms with Crippen LogP contribution in [-0.2, 0) is 14.4 Å². The molecule has 0 amide bonds. The Kier molecular flexibility index (Phi) is 9.31. The van der Waals surface area contributed by atoms with E-state index in [0.717, 1.165) is 6.42 Å². The van der Waals surface area contributed by atoms with E-state index in [1.165, 1.54) is 4.90 Å². The van der Waals surface area contributed by atoms with Gasteiger partial charge in [0.25, 0.3) is 0 Å². The maximum atomic E-state index is 10.7. The maximum Gasteiger partial charge on any atom is 0.320 e. The molecule has 0 rings (SSSR count). The van der Waals surface area contributed by atoms with Crippen molar-refractivity contribution in [3.05, 3.63) is 0 Å². The largest absolute Gasteiger partial charge is 0.480 e. The van der Waals surface area contributed by atoms with Crippen molar-refractivity contribution in [2.75, 3.05) is 26.7 Å². The van der Waals surface area contributed by atoms with E-state index in [0.29, 0.717) is 25.8 Å². The van der Waals surface area contributed by atoms with Crippen molar-refractivity contribution >= 4 is 17.9 Å². The highest BCUT2D eigenvalue weighted by atomic mass is 16.4. The second-order valence-corrected chi connectivity index (χ2v) is 4.53. The van der Waals surface area contributed by atoms with E-state index >= 15 is 0 Å². The number of carbonyl (C=O) groups is 3. The van der Waals surface area contributed by atoms with Crippen LogP contribution in [0.25, 0.3) is 0 Å². The quantitative estimate of drug-likeness (QED) is 0.360. The summed E-state index contributed by atoms with van der Waals surface area (Å²) in [5.41, 5.74) is 0. The Morgan fingerprint density at radius 3 is 1.95 bits per heavy atom. The summed E-state index contributed by atoms with van der Waals surface area (Å²) in [6, 6.07) is -0.579. The smallest absolute Gasteiger partial charge is 0.320 e. The fourth-order valence-corrected chi connectivity index (χ4v) is 1.85. The summed E-state index contributed by atoms with van der Waals surface area (Å²) in [6.45, 7) is -0.239. The van der Waals surface area contributed by atoms with Crippen LogP contribution in [0.15, 0.2) is 0 Å². The number of aliphatic carboxylic acids is 3. The average molecular weight is 290 g/mol. The van der Waals surface area contributed by atoms with Gasteiger partial charge in [-0.15, -0.1) is 0 Å². The Bertz CT molecular complexity index is 318. The average Bonchev–Trinajstić information content (AvgIpc) is 2.31. The Labute approximate surface area is 117 Å². The van der Waals surface area contributed by atoms with Crippen LogP contribution in [0.2, 0.25) is 0 Å². The molecule has 1 unspecified atom stereocenters. The molecular formula is C12H22N2O6. The molecule has 0 aromatic heterocycles. The van der Waals surface area contributed by atoms with Crippen molar-refractivity contribution < 1.29 is 29.7 Å². The molecule has 0 aromatic rings. The van der Waals surface area contributed by atoms with Crippen molar-refractivity contribution in [3.63, 3.8) is 0 Å². The van der Waals surface area contributed by atoms with E-state index in [1.807, 2.05) is 0 Å². The fourth-order valence-electron chi connectivity index (χ4n) is 1.85. The number of carboxylic acid groups (broad SMARTS) is 3. The third kappa shape index (κ3) is 9.29. The normalized spacial score (nSPS) is 12.3. The van der Waals surface area contributed by atoms with Crippen molar-refractivity contribution in [1.82, 2.24) is 10.2 Å². The predicted molar refractivity (Wildman–Crippen MR) is 70.7 cm³/mol. The lowest BCUT2D eigenvalue weighted by molar-refractivity contribution is -0.142. The van der Waals surface area contributed by atoms with Gasteiger partial charge < -0.3 is 20.6 Å². The highest BCUT2D eigenvalue weighted by Gasteiger charge is 2.15. The number of nitrogens with zero attached hydrogens (tertiary/aromatic N) is 1. The summed E-state index contributed by atoms with van der Waals surface area (Å²) < 4.78 is 0. The molecule has 0 fully saturated rings. The number of carboxylic acids is 3. The monoisotopic (exact) mass is 290 g/mol. The second-order valence-electron chi connectivity index (χ2n) is 4.53. The van der Waals surface area contributed by atoms with Crippen LogP contribution in [0.1, 0.15) is 25.7 Å². The Morgan fingerprint density at radius 1 is 1.00 bits per heavy atom. The van der Waals surface area contributed by atoms with E-state index in [2.05, 4.69) is 5.32 Å². The summed E-state index contributed by atoms with van der Waals surface area (Å²) in [7, 11) is 1.58. The summed E-state index contributed by atoms with van der Waals surface area (Å²) >= 11 is 0. The van der Waals surface area contributed by atoms with Gasteiger partial charge in [0.2, 0.25) is 0 Å². The Morgan fingerprint density at radius 2 is 1.55 bits per heavy atom. The first-order valence-corrected chi connectivity index (χ1v) is 6.42. The molecule has 4 N–H and O–H groups in total. The van der Waals surface area contributed by atoms with Gasteiger partial charge in [0.15, 0.2) is 0 Å². The van der Waals surface area contributed by atoms with Crippen molar-refractivity contribution in [2.45, 2.75) is 31.7 Å². The molecule has 8 heteroatoms. The molecule has 0 aliphatic heterocycles. The molecule has 20 heavy (non-hydrogen) atoms. The third-order valence-corrected chi connectivity index (χ3v) is 2.83. The van der Waals surface area contributed by atoms with Crippen molar-refractivity contribution in [3.8, 4) is 0 Å². The Hall–Kier alpha value is -1.67. The first-order valence-electron chi connectivity index (χ1n) is 6.42. The van der Waals surface area contributed by atoms with Crippen LogP contribution in [0.5, 0.6) is 0 Å². The zero-order chi connectivity index (χ0) is 15.5. The highest BCUT2D eigenvalue weighted by molar-refractivity contribution is 5.73. The van der Waals surface area contributed by atoms with Crippen molar-refractivity contribution in [2.24, 2.45) is 0 Å². The minimum atomic E-state index is -1.06. The van der Waals surface area contributed by atoms with Gasteiger partial charge >= 0.3 is 17.9 Å². The van der Waals surface area contributed by atoms with Gasteiger partial charge in [-0.25, -0.2) is 0 Å².